The molecule has 0 aliphatic heterocycles. The smallest absolute Gasteiger partial charge is 0.339 e. The topological polar surface area (TPSA) is 118 Å². The highest BCUT2D eigenvalue weighted by atomic mass is 32.2. The Bertz CT molecular complexity index is 1310. The summed E-state index contributed by atoms with van der Waals surface area (Å²) < 4.78 is 10.5. The molecule has 0 radical (unpaired) electrons. The van der Waals surface area contributed by atoms with Crippen molar-refractivity contribution in [3.05, 3.63) is 83.1 Å². The number of esters is 1. The number of rotatable bonds is 8. The zero-order chi connectivity index (χ0) is 23.0. The van der Waals surface area contributed by atoms with Gasteiger partial charge in [0, 0.05) is 10.6 Å². The van der Waals surface area contributed by atoms with E-state index in [1.54, 1.807) is 48.5 Å². The van der Waals surface area contributed by atoms with E-state index in [1.807, 2.05) is 23.6 Å². The van der Waals surface area contributed by atoms with E-state index in [0.29, 0.717) is 27.5 Å². The number of carbonyl (C=O) groups excluding carboxylic acids is 2. The minimum Gasteiger partial charge on any atom is -0.452 e. The third kappa shape index (κ3) is 5.85. The third-order valence-electron chi connectivity index (χ3n) is 4.28. The predicted molar refractivity (Wildman–Crippen MR) is 124 cm³/mol. The van der Waals surface area contributed by atoms with Gasteiger partial charge in [-0.05, 0) is 41.8 Å². The molecule has 0 fully saturated rings. The van der Waals surface area contributed by atoms with Crippen LogP contribution in [-0.2, 0) is 16.1 Å². The van der Waals surface area contributed by atoms with E-state index >= 15 is 0 Å². The van der Waals surface area contributed by atoms with Crippen LogP contribution in [0.2, 0.25) is 0 Å². The highest BCUT2D eigenvalue weighted by molar-refractivity contribution is 8.00. The Kier molecular flexibility index (Phi) is 7.14. The SMILES string of the molecule is N#Cc1cccc(NC(=O)CSc2ccccc2C(=O)OCc2nc(-c3cccs3)no2)c1. The van der Waals surface area contributed by atoms with E-state index in [2.05, 4.69) is 15.5 Å². The zero-order valence-electron chi connectivity index (χ0n) is 17.1. The van der Waals surface area contributed by atoms with Crippen LogP contribution in [0.5, 0.6) is 0 Å². The van der Waals surface area contributed by atoms with Crippen LogP contribution in [-0.4, -0.2) is 27.8 Å². The van der Waals surface area contributed by atoms with E-state index in [9.17, 15) is 9.59 Å². The Hall–Kier alpha value is -3.94. The molecule has 0 unspecified atom stereocenters. The molecule has 2 aromatic carbocycles. The predicted octanol–water partition coefficient (Wildman–Crippen LogP) is 4.76. The standard InChI is InChI=1S/C23H16N4O4S2/c24-12-15-5-3-6-16(11-15)25-20(28)14-33-18-8-2-1-7-17(18)23(29)30-13-21-26-22(27-31-21)19-9-4-10-32-19/h1-11H,13-14H2,(H,25,28). The Morgan fingerprint density at radius 3 is 2.85 bits per heavy atom. The first kappa shape index (κ1) is 22.3. The molecule has 0 atom stereocenters. The number of thiophene rings is 1. The molecular weight excluding hydrogens is 460 g/mol. The van der Waals surface area contributed by atoms with Crippen molar-refractivity contribution in [2.75, 3.05) is 11.1 Å². The number of ether oxygens (including phenoxy) is 1. The van der Waals surface area contributed by atoms with Crippen molar-refractivity contribution in [1.29, 1.82) is 5.26 Å². The van der Waals surface area contributed by atoms with Gasteiger partial charge in [0.15, 0.2) is 6.61 Å². The number of aromatic nitrogens is 2. The third-order valence-corrected chi connectivity index (χ3v) is 6.22. The second-order valence-electron chi connectivity index (χ2n) is 6.59. The van der Waals surface area contributed by atoms with Crippen LogP contribution >= 0.6 is 23.1 Å². The van der Waals surface area contributed by atoms with Crippen molar-refractivity contribution < 1.29 is 18.8 Å². The maximum atomic E-state index is 12.6. The van der Waals surface area contributed by atoms with E-state index in [-0.39, 0.29) is 24.2 Å². The fourth-order valence-electron chi connectivity index (χ4n) is 2.79. The van der Waals surface area contributed by atoms with Gasteiger partial charge in [-0.3, -0.25) is 4.79 Å². The fourth-order valence-corrected chi connectivity index (χ4v) is 4.28. The summed E-state index contributed by atoms with van der Waals surface area (Å²) in [6, 6.07) is 19.3. The summed E-state index contributed by atoms with van der Waals surface area (Å²) in [6.07, 6.45) is 0. The van der Waals surface area contributed by atoms with Gasteiger partial charge in [0.2, 0.25) is 11.7 Å². The lowest BCUT2D eigenvalue weighted by molar-refractivity contribution is -0.113. The molecule has 0 bridgehead atoms. The molecule has 4 aromatic rings. The Morgan fingerprint density at radius 2 is 2.03 bits per heavy atom. The molecule has 1 amide bonds. The number of nitrogens with zero attached hydrogens (tertiary/aromatic N) is 3. The average Bonchev–Trinajstić information content (AvgIpc) is 3.54. The minimum absolute atomic E-state index is 0.0783. The normalized spacial score (nSPS) is 10.4. The van der Waals surface area contributed by atoms with E-state index < -0.39 is 5.97 Å². The molecule has 0 aliphatic carbocycles. The van der Waals surface area contributed by atoms with Gasteiger partial charge in [-0.15, -0.1) is 23.1 Å². The van der Waals surface area contributed by atoms with Gasteiger partial charge in [-0.1, -0.05) is 29.4 Å². The Balaban J connectivity index is 1.34. The van der Waals surface area contributed by atoms with Crippen LogP contribution in [0.1, 0.15) is 21.8 Å². The largest absolute Gasteiger partial charge is 0.452 e. The summed E-state index contributed by atoms with van der Waals surface area (Å²) >= 11 is 2.69. The van der Waals surface area contributed by atoms with Gasteiger partial charge in [0.25, 0.3) is 5.89 Å². The molecule has 2 heterocycles. The molecule has 0 saturated heterocycles. The van der Waals surface area contributed by atoms with Gasteiger partial charge in [-0.2, -0.15) is 10.2 Å². The molecule has 8 nitrogen and oxygen atoms in total. The van der Waals surface area contributed by atoms with Crippen LogP contribution in [0.25, 0.3) is 10.7 Å². The van der Waals surface area contributed by atoms with E-state index in [1.165, 1.54) is 23.1 Å². The number of hydrogen-bond acceptors (Lipinski definition) is 9. The van der Waals surface area contributed by atoms with Gasteiger partial charge in [0.1, 0.15) is 0 Å². The molecule has 0 aliphatic rings. The quantitative estimate of drug-likeness (QED) is 0.286. The highest BCUT2D eigenvalue weighted by Gasteiger charge is 2.17. The minimum atomic E-state index is -0.559. The Labute approximate surface area is 197 Å². The summed E-state index contributed by atoms with van der Waals surface area (Å²) in [5, 5.41) is 17.5. The number of amides is 1. The molecule has 1 N–H and O–H groups in total. The van der Waals surface area contributed by atoms with Crippen LogP contribution in [0.3, 0.4) is 0 Å². The van der Waals surface area contributed by atoms with Crippen LogP contribution in [0.4, 0.5) is 5.69 Å². The molecule has 4 rings (SSSR count). The van der Waals surface area contributed by atoms with Crippen molar-refractivity contribution in [2.45, 2.75) is 11.5 Å². The summed E-state index contributed by atoms with van der Waals surface area (Å²) in [4.78, 5) is 30.6. The lowest BCUT2D eigenvalue weighted by Crippen LogP contribution is -2.14. The molecule has 2 aromatic heterocycles. The summed E-state index contributed by atoms with van der Waals surface area (Å²) in [5.41, 5.74) is 1.32. The van der Waals surface area contributed by atoms with Gasteiger partial charge in [0.05, 0.1) is 27.8 Å². The number of carbonyl (C=O) groups is 2. The van der Waals surface area contributed by atoms with Crippen molar-refractivity contribution in [2.24, 2.45) is 0 Å². The molecule has 10 heteroatoms. The van der Waals surface area contributed by atoms with Gasteiger partial charge in [-0.25, -0.2) is 4.79 Å². The van der Waals surface area contributed by atoms with Crippen LogP contribution < -0.4 is 5.32 Å². The molecule has 164 valence electrons. The number of hydrogen-bond donors (Lipinski definition) is 1. The lowest BCUT2D eigenvalue weighted by Gasteiger charge is -2.09. The fraction of sp³-hybridized carbons (Fsp3) is 0.0870. The molecular formula is C23H16N4O4S2. The number of benzene rings is 2. The number of nitriles is 1. The summed E-state index contributed by atoms with van der Waals surface area (Å²) in [5.74, 6) is -0.106. The molecule has 0 spiro atoms. The second kappa shape index (κ2) is 10.6. The maximum absolute atomic E-state index is 12.6. The summed E-state index contributed by atoms with van der Waals surface area (Å²) in [7, 11) is 0. The van der Waals surface area contributed by atoms with E-state index in [4.69, 9.17) is 14.5 Å². The van der Waals surface area contributed by atoms with Crippen molar-refractivity contribution in [3.8, 4) is 16.8 Å². The first-order chi connectivity index (χ1) is 16.1. The van der Waals surface area contributed by atoms with Crippen molar-refractivity contribution in [1.82, 2.24) is 10.1 Å². The second-order valence-corrected chi connectivity index (χ2v) is 8.56. The van der Waals surface area contributed by atoms with Gasteiger partial charge < -0.3 is 14.6 Å². The van der Waals surface area contributed by atoms with Crippen molar-refractivity contribution in [3.63, 3.8) is 0 Å². The maximum Gasteiger partial charge on any atom is 0.339 e. The summed E-state index contributed by atoms with van der Waals surface area (Å²) in [6.45, 7) is -0.161. The van der Waals surface area contributed by atoms with Gasteiger partial charge >= 0.3 is 5.97 Å². The Morgan fingerprint density at radius 1 is 1.15 bits per heavy atom. The number of anilines is 1. The average molecular weight is 477 g/mol. The van der Waals surface area contributed by atoms with Crippen LogP contribution in [0.15, 0.2) is 75.5 Å². The molecule has 33 heavy (non-hydrogen) atoms. The molecule has 0 saturated carbocycles. The monoisotopic (exact) mass is 476 g/mol. The first-order valence-corrected chi connectivity index (χ1v) is 11.5. The number of thioether (sulfide) groups is 1. The number of nitrogens with one attached hydrogen (secondary N) is 1. The zero-order valence-corrected chi connectivity index (χ0v) is 18.7. The first-order valence-electron chi connectivity index (χ1n) is 9.68. The highest BCUT2D eigenvalue weighted by Crippen LogP contribution is 2.25. The van der Waals surface area contributed by atoms with Crippen molar-refractivity contribution >= 4 is 40.7 Å². The van der Waals surface area contributed by atoms with Crippen LogP contribution in [0, 0.1) is 11.3 Å². The lowest BCUT2D eigenvalue weighted by atomic mass is 10.2. The van der Waals surface area contributed by atoms with E-state index in [0.717, 1.165) is 4.88 Å².